The molecule has 1 rings (SSSR count). The molecule has 12 heavy (non-hydrogen) atoms. The van der Waals surface area contributed by atoms with Gasteiger partial charge in [-0.15, -0.1) is 0 Å². The molecule has 1 heterocycles. The topological polar surface area (TPSA) is 30.0 Å². The molecule has 1 aromatic rings. The van der Waals surface area contributed by atoms with E-state index >= 15 is 0 Å². The number of hydrogen-bond acceptors (Lipinski definition) is 2. The van der Waals surface area contributed by atoms with Crippen molar-refractivity contribution < 1.29 is 13.6 Å². The largest absolute Gasteiger partial charge is 0.298 e. The number of halogens is 3. The summed E-state index contributed by atoms with van der Waals surface area (Å²) in [7, 11) is 0. The zero-order chi connectivity index (χ0) is 9.14. The predicted octanol–water partition coefficient (Wildman–Crippen LogP) is 2.59. The van der Waals surface area contributed by atoms with Gasteiger partial charge in [-0.05, 0) is 22.0 Å². The minimum atomic E-state index is -2.61. The molecule has 0 saturated carbocycles. The molecule has 2 nitrogen and oxygen atoms in total. The van der Waals surface area contributed by atoms with Crippen molar-refractivity contribution in [3.63, 3.8) is 0 Å². The van der Waals surface area contributed by atoms with Crippen molar-refractivity contribution in [3.8, 4) is 0 Å². The molecule has 0 amide bonds. The quantitative estimate of drug-likeness (QED) is 0.738. The van der Waals surface area contributed by atoms with Crippen LogP contribution >= 0.6 is 15.9 Å². The number of hydrogen-bond donors (Lipinski definition) is 0. The lowest BCUT2D eigenvalue weighted by atomic mass is 10.3. The standard InChI is InChI=1S/C7H4BrF2NO/c8-5-1-6(7(9)10)11-2-4(5)3-12/h1-3,7H. The summed E-state index contributed by atoms with van der Waals surface area (Å²) in [6.07, 6.45) is -0.952. The van der Waals surface area contributed by atoms with E-state index in [2.05, 4.69) is 20.9 Å². The van der Waals surface area contributed by atoms with Gasteiger partial charge in [-0.3, -0.25) is 9.78 Å². The highest BCUT2D eigenvalue weighted by Crippen LogP contribution is 2.21. The molecule has 0 bridgehead atoms. The maximum absolute atomic E-state index is 12.0. The van der Waals surface area contributed by atoms with Crippen LogP contribution in [0, 0.1) is 0 Å². The van der Waals surface area contributed by atoms with E-state index in [-0.39, 0.29) is 11.3 Å². The van der Waals surface area contributed by atoms with Crippen LogP contribution in [0.25, 0.3) is 0 Å². The fourth-order valence-corrected chi connectivity index (χ4v) is 1.09. The summed E-state index contributed by atoms with van der Waals surface area (Å²) in [6, 6.07) is 1.13. The average molecular weight is 236 g/mol. The molecule has 0 radical (unpaired) electrons. The van der Waals surface area contributed by atoms with Gasteiger partial charge < -0.3 is 0 Å². The second-order valence-corrected chi connectivity index (χ2v) is 2.90. The lowest BCUT2D eigenvalue weighted by Crippen LogP contribution is -1.92. The molecule has 64 valence electrons. The van der Waals surface area contributed by atoms with Crippen molar-refractivity contribution in [2.75, 3.05) is 0 Å². The molecule has 0 atom stereocenters. The zero-order valence-electron chi connectivity index (χ0n) is 5.80. The third-order valence-electron chi connectivity index (χ3n) is 1.25. The molecule has 0 aliphatic heterocycles. The SMILES string of the molecule is O=Cc1cnc(C(F)F)cc1Br. The fraction of sp³-hybridized carbons (Fsp3) is 0.143. The molecule has 0 saturated heterocycles. The lowest BCUT2D eigenvalue weighted by molar-refractivity contribution is 0.112. The second-order valence-electron chi connectivity index (χ2n) is 2.05. The molecule has 1 aromatic heterocycles. The van der Waals surface area contributed by atoms with Gasteiger partial charge in [-0.1, -0.05) is 0 Å². The van der Waals surface area contributed by atoms with Crippen molar-refractivity contribution in [2.45, 2.75) is 6.43 Å². The van der Waals surface area contributed by atoms with Crippen LogP contribution in [-0.4, -0.2) is 11.3 Å². The summed E-state index contributed by atoms with van der Waals surface area (Å²) >= 11 is 2.97. The Labute approximate surface area is 75.7 Å². The van der Waals surface area contributed by atoms with Gasteiger partial charge in [-0.2, -0.15) is 0 Å². The van der Waals surface area contributed by atoms with Crippen LogP contribution in [0.2, 0.25) is 0 Å². The predicted molar refractivity (Wildman–Crippen MR) is 42.3 cm³/mol. The summed E-state index contributed by atoms with van der Waals surface area (Å²) in [5.41, 5.74) is -0.0770. The van der Waals surface area contributed by atoms with Crippen LogP contribution in [0.1, 0.15) is 22.5 Å². The smallest absolute Gasteiger partial charge is 0.280 e. The van der Waals surface area contributed by atoms with E-state index in [1.54, 1.807) is 0 Å². The van der Waals surface area contributed by atoms with E-state index in [0.29, 0.717) is 10.8 Å². The number of pyridine rings is 1. The van der Waals surface area contributed by atoms with Crippen LogP contribution in [-0.2, 0) is 0 Å². The first-order valence-corrected chi connectivity index (χ1v) is 3.83. The molecule has 0 aromatic carbocycles. The summed E-state index contributed by atoms with van der Waals surface area (Å²) in [4.78, 5) is 13.6. The Morgan fingerprint density at radius 1 is 1.58 bits per heavy atom. The van der Waals surface area contributed by atoms with Gasteiger partial charge in [0.15, 0.2) is 6.29 Å². The highest BCUT2D eigenvalue weighted by Gasteiger charge is 2.10. The Morgan fingerprint density at radius 3 is 2.67 bits per heavy atom. The second kappa shape index (κ2) is 3.71. The number of alkyl halides is 2. The maximum Gasteiger partial charge on any atom is 0.280 e. The van der Waals surface area contributed by atoms with Gasteiger partial charge in [0.2, 0.25) is 0 Å². The van der Waals surface area contributed by atoms with E-state index < -0.39 is 6.43 Å². The van der Waals surface area contributed by atoms with E-state index in [1.165, 1.54) is 0 Å². The summed E-state index contributed by atoms with van der Waals surface area (Å²) in [5.74, 6) is 0. The Hall–Kier alpha value is -0.840. The van der Waals surface area contributed by atoms with Gasteiger partial charge in [0.25, 0.3) is 6.43 Å². The molecule has 0 aliphatic rings. The van der Waals surface area contributed by atoms with Gasteiger partial charge in [0.05, 0.1) is 0 Å². The Morgan fingerprint density at radius 2 is 2.25 bits per heavy atom. The number of aldehydes is 1. The van der Waals surface area contributed by atoms with Crippen molar-refractivity contribution in [1.29, 1.82) is 0 Å². The zero-order valence-corrected chi connectivity index (χ0v) is 7.38. The van der Waals surface area contributed by atoms with Crippen molar-refractivity contribution >= 4 is 22.2 Å². The minimum absolute atomic E-state index is 0.263. The summed E-state index contributed by atoms with van der Waals surface area (Å²) in [6.45, 7) is 0. The molecule has 0 spiro atoms. The Bertz CT molecular complexity index is 303. The third-order valence-corrected chi connectivity index (χ3v) is 1.94. The van der Waals surface area contributed by atoms with Crippen molar-refractivity contribution in [2.24, 2.45) is 0 Å². The van der Waals surface area contributed by atoms with Crippen molar-refractivity contribution in [1.82, 2.24) is 4.98 Å². The highest BCUT2D eigenvalue weighted by atomic mass is 79.9. The summed E-state index contributed by atoms with van der Waals surface area (Å²) < 4.78 is 24.4. The van der Waals surface area contributed by atoms with E-state index in [9.17, 15) is 13.6 Å². The van der Waals surface area contributed by atoms with Crippen LogP contribution < -0.4 is 0 Å². The molecule has 0 N–H and O–H groups in total. The number of aromatic nitrogens is 1. The lowest BCUT2D eigenvalue weighted by Gasteiger charge is -1.99. The molecule has 0 aliphatic carbocycles. The first-order chi connectivity index (χ1) is 5.65. The molecule has 0 unspecified atom stereocenters. The number of carbonyl (C=O) groups excluding carboxylic acids is 1. The number of rotatable bonds is 2. The van der Waals surface area contributed by atoms with E-state index in [0.717, 1.165) is 12.3 Å². The van der Waals surface area contributed by atoms with Crippen LogP contribution in [0.15, 0.2) is 16.7 Å². The number of nitrogens with zero attached hydrogens (tertiary/aromatic N) is 1. The Balaban J connectivity index is 3.10. The van der Waals surface area contributed by atoms with Crippen molar-refractivity contribution in [3.05, 3.63) is 28.0 Å². The monoisotopic (exact) mass is 235 g/mol. The Kier molecular flexibility index (Phi) is 2.86. The van der Waals surface area contributed by atoms with Gasteiger partial charge in [-0.25, -0.2) is 8.78 Å². The number of carbonyl (C=O) groups is 1. The van der Waals surface area contributed by atoms with Crippen LogP contribution in [0.4, 0.5) is 8.78 Å². The van der Waals surface area contributed by atoms with Gasteiger partial charge >= 0.3 is 0 Å². The molecular weight excluding hydrogens is 232 g/mol. The summed E-state index contributed by atoms with van der Waals surface area (Å²) in [5, 5.41) is 0. The maximum atomic E-state index is 12.0. The first kappa shape index (κ1) is 9.25. The molecule has 5 heteroatoms. The van der Waals surface area contributed by atoms with Gasteiger partial charge in [0.1, 0.15) is 5.69 Å². The molecular formula is C7H4BrF2NO. The normalized spacial score (nSPS) is 10.3. The van der Waals surface area contributed by atoms with Crippen LogP contribution in [0.3, 0.4) is 0 Å². The minimum Gasteiger partial charge on any atom is -0.298 e. The third kappa shape index (κ3) is 1.85. The highest BCUT2D eigenvalue weighted by molar-refractivity contribution is 9.10. The first-order valence-electron chi connectivity index (χ1n) is 3.04. The van der Waals surface area contributed by atoms with E-state index in [4.69, 9.17) is 0 Å². The average Bonchev–Trinajstić information content (AvgIpc) is 2.04. The molecule has 0 fully saturated rings. The van der Waals surface area contributed by atoms with Crippen LogP contribution in [0.5, 0.6) is 0 Å². The van der Waals surface area contributed by atoms with Gasteiger partial charge in [0, 0.05) is 16.2 Å². The van der Waals surface area contributed by atoms with E-state index in [1.807, 2.05) is 0 Å². The fourth-order valence-electron chi connectivity index (χ4n) is 0.662.